The van der Waals surface area contributed by atoms with Gasteiger partial charge in [0.1, 0.15) is 0 Å². The van der Waals surface area contributed by atoms with Crippen LogP contribution in [0.5, 0.6) is 0 Å². The van der Waals surface area contributed by atoms with E-state index in [-0.39, 0.29) is 0 Å². The highest BCUT2D eigenvalue weighted by atomic mass is 16.5. The van der Waals surface area contributed by atoms with E-state index in [2.05, 4.69) is 15.1 Å². The normalized spacial score (nSPS) is 10.7. The molecule has 0 aliphatic rings. The second-order valence-electron chi connectivity index (χ2n) is 4.79. The molecule has 0 aliphatic carbocycles. The van der Waals surface area contributed by atoms with Crippen LogP contribution in [-0.4, -0.2) is 21.7 Å². The molecule has 0 bridgehead atoms. The molecule has 106 valence electrons. The van der Waals surface area contributed by atoms with Gasteiger partial charge < -0.3 is 10.3 Å². The molecule has 2 heterocycles. The Morgan fingerprint density at radius 1 is 1.05 bits per heavy atom. The van der Waals surface area contributed by atoms with Crippen molar-refractivity contribution in [3.63, 3.8) is 0 Å². The van der Waals surface area contributed by atoms with E-state index in [4.69, 9.17) is 10.3 Å². The number of hydrogen-bond acceptors (Lipinski definition) is 5. The molecule has 3 rings (SSSR count). The molecule has 0 saturated carbocycles. The fourth-order valence-electron chi connectivity index (χ4n) is 2.11. The molecular weight excluding hydrogens is 264 g/mol. The van der Waals surface area contributed by atoms with E-state index in [1.54, 1.807) is 12.4 Å². The quantitative estimate of drug-likeness (QED) is 0.775. The molecule has 3 aromatic rings. The van der Waals surface area contributed by atoms with Gasteiger partial charge in [0.05, 0.1) is 0 Å². The van der Waals surface area contributed by atoms with E-state index in [0.29, 0.717) is 24.7 Å². The first-order valence-electron chi connectivity index (χ1n) is 6.86. The van der Waals surface area contributed by atoms with Gasteiger partial charge in [-0.1, -0.05) is 23.4 Å². The molecule has 0 radical (unpaired) electrons. The van der Waals surface area contributed by atoms with Gasteiger partial charge in [0.25, 0.3) is 5.89 Å². The van der Waals surface area contributed by atoms with E-state index in [9.17, 15) is 0 Å². The van der Waals surface area contributed by atoms with Gasteiger partial charge in [-0.25, -0.2) is 0 Å². The van der Waals surface area contributed by atoms with Crippen molar-refractivity contribution in [3.8, 4) is 11.5 Å². The molecular formula is C16H16N4O. The van der Waals surface area contributed by atoms with Crippen molar-refractivity contribution in [1.29, 1.82) is 0 Å². The Balaban J connectivity index is 1.75. The number of benzene rings is 1. The van der Waals surface area contributed by atoms with Crippen LogP contribution in [0.3, 0.4) is 0 Å². The maximum Gasteiger partial charge on any atom is 0.257 e. The number of aromatic nitrogens is 3. The zero-order valence-electron chi connectivity index (χ0n) is 11.6. The number of pyridine rings is 1. The van der Waals surface area contributed by atoms with Crippen LogP contribution in [0.1, 0.15) is 17.0 Å². The third kappa shape index (κ3) is 3.32. The van der Waals surface area contributed by atoms with Crippen molar-refractivity contribution in [3.05, 3.63) is 65.7 Å². The van der Waals surface area contributed by atoms with E-state index < -0.39 is 0 Å². The molecule has 21 heavy (non-hydrogen) atoms. The molecule has 0 saturated heterocycles. The smallest absolute Gasteiger partial charge is 0.257 e. The molecule has 1 aromatic carbocycles. The fraction of sp³-hybridized carbons (Fsp3) is 0.188. The average molecular weight is 280 g/mol. The second-order valence-corrected chi connectivity index (χ2v) is 4.79. The summed E-state index contributed by atoms with van der Waals surface area (Å²) in [7, 11) is 0. The molecule has 0 unspecified atom stereocenters. The topological polar surface area (TPSA) is 77.8 Å². The summed E-state index contributed by atoms with van der Waals surface area (Å²) in [5.41, 5.74) is 8.72. The molecule has 5 heteroatoms. The van der Waals surface area contributed by atoms with Crippen LogP contribution in [0.25, 0.3) is 11.5 Å². The van der Waals surface area contributed by atoms with Crippen LogP contribution in [-0.2, 0) is 12.8 Å². The minimum absolute atomic E-state index is 0.535. The Morgan fingerprint density at radius 2 is 1.90 bits per heavy atom. The minimum atomic E-state index is 0.535. The van der Waals surface area contributed by atoms with Crippen LogP contribution in [0.15, 0.2) is 53.3 Å². The van der Waals surface area contributed by atoms with Gasteiger partial charge in [0.15, 0.2) is 5.82 Å². The summed E-state index contributed by atoms with van der Waals surface area (Å²) >= 11 is 0. The zero-order chi connectivity index (χ0) is 14.5. The van der Waals surface area contributed by atoms with E-state index >= 15 is 0 Å². The highest BCUT2D eigenvalue weighted by Gasteiger charge is 2.09. The molecule has 0 fully saturated rings. The summed E-state index contributed by atoms with van der Waals surface area (Å²) in [5, 5.41) is 4.01. The summed E-state index contributed by atoms with van der Waals surface area (Å²) in [4.78, 5) is 8.50. The minimum Gasteiger partial charge on any atom is -0.334 e. The summed E-state index contributed by atoms with van der Waals surface area (Å²) in [6, 6.07) is 11.9. The first kappa shape index (κ1) is 13.5. The lowest BCUT2D eigenvalue weighted by Crippen LogP contribution is -2.02. The highest BCUT2D eigenvalue weighted by Crippen LogP contribution is 2.18. The Morgan fingerprint density at radius 3 is 2.62 bits per heavy atom. The number of nitrogens with zero attached hydrogens (tertiary/aromatic N) is 3. The predicted octanol–water partition coefficient (Wildman–Crippen LogP) is 2.22. The van der Waals surface area contributed by atoms with Gasteiger partial charge in [-0.3, -0.25) is 4.98 Å². The van der Waals surface area contributed by atoms with Crippen LogP contribution in [0.2, 0.25) is 0 Å². The lowest BCUT2D eigenvalue weighted by atomic mass is 10.1. The molecule has 2 N–H and O–H groups in total. The van der Waals surface area contributed by atoms with Crippen molar-refractivity contribution in [1.82, 2.24) is 15.1 Å². The summed E-state index contributed by atoms with van der Waals surface area (Å²) in [6.45, 7) is 0.648. The van der Waals surface area contributed by atoms with Gasteiger partial charge in [0.2, 0.25) is 0 Å². The van der Waals surface area contributed by atoms with Gasteiger partial charge in [-0.15, -0.1) is 0 Å². The summed E-state index contributed by atoms with van der Waals surface area (Å²) < 4.78 is 5.32. The first-order valence-corrected chi connectivity index (χ1v) is 6.86. The van der Waals surface area contributed by atoms with Crippen LogP contribution in [0.4, 0.5) is 0 Å². The number of rotatable bonds is 5. The molecule has 0 spiro atoms. The van der Waals surface area contributed by atoms with Crippen LogP contribution in [0, 0.1) is 0 Å². The van der Waals surface area contributed by atoms with Crippen molar-refractivity contribution in [2.24, 2.45) is 5.73 Å². The lowest BCUT2D eigenvalue weighted by Gasteiger charge is -1.99. The van der Waals surface area contributed by atoms with Crippen molar-refractivity contribution in [2.45, 2.75) is 12.8 Å². The third-order valence-electron chi connectivity index (χ3n) is 3.19. The maximum absolute atomic E-state index is 5.54. The fourth-order valence-corrected chi connectivity index (χ4v) is 2.11. The Kier molecular flexibility index (Phi) is 4.02. The summed E-state index contributed by atoms with van der Waals surface area (Å²) in [6.07, 6.45) is 5.03. The average Bonchev–Trinajstić information content (AvgIpc) is 2.98. The molecule has 0 amide bonds. The lowest BCUT2D eigenvalue weighted by molar-refractivity contribution is 0.424. The second kappa shape index (κ2) is 6.28. The van der Waals surface area contributed by atoms with Crippen LogP contribution < -0.4 is 5.73 Å². The van der Waals surface area contributed by atoms with Gasteiger partial charge in [-0.05, 0) is 42.3 Å². The molecule has 0 atom stereocenters. The third-order valence-corrected chi connectivity index (χ3v) is 3.19. The van der Waals surface area contributed by atoms with Gasteiger partial charge in [0, 0.05) is 24.4 Å². The molecule has 2 aromatic heterocycles. The number of nitrogens with two attached hydrogens (primary N) is 1. The Bertz CT molecular complexity index is 692. The standard InChI is InChI=1S/C16H16N4O/c17-8-7-12-3-5-14(6-4-12)16-19-15(20-21-16)10-13-2-1-9-18-11-13/h1-6,9,11H,7-8,10,17H2. The highest BCUT2D eigenvalue weighted by molar-refractivity contribution is 5.53. The van der Waals surface area contributed by atoms with Crippen LogP contribution >= 0.6 is 0 Å². The van der Waals surface area contributed by atoms with E-state index in [1.807, 2.05) is 36.4 Å². The number of hydrogen-bond donors (Lipinski definition) is 1. The van der Waals surface area contributed by atoms with Crippen molar-refractivity contribution >= 4 is 0 Å². The molecule has 0 aliphatic heterocycles. The van der Waals surface area contributed by atoms with Gasteiger partial charge >= 0.3 is 0 Å². The zero-order valence-corrected chi connectivity index (χ0v) is 11.6. The van der Waals surface area contributed by atoms with E-state index in [0.717, 1.165) is 17.5 Å². The van der Waals surface area contributed by atoms with Crippen molar-refractivity contribution in [2.75, 3.05) is 6.54 Å². The predicted molar refractivity (Wildman–Crippen MR) is 79.5 cm³/mol. The Labute approximate surface area is 122 Å². The SMILES string of the molecule is NCCc1ccc(-c2nc(Cc3cccnc3)no2)cc1. The first-order chi connectivity index (χ1) is 10.3. The maximum atomic E-state index is 5.54. The monoisotopic (exact) mass is 280 g/mol. The van der Waals surface area contributed by atoms with Crippen molar-refractivity contribution < 1.29 is 4.52 Å². The Hall–Kier alpha value is -2.53. The molecule has 5 nitrogen and oxygen atoms in total. The summed E-state index contributed by atoms with van der Waals surface area (Å²) in [5.74, 6) is 1.19. The largest absolute Gasteiger partial charge is 0.334 e. The van der Waals surface area contributed by atoms with E-state index in [1.165, 1.54) is 5.56 Å². The van der Waals surface area contributed by atoms with Gasteiger partial charge in [-0.2, -0.15) is 4.98 Å².